The summed E-state index contributed by atoms with van der Waals surface area (Å²) in [6.07, 6.45) is 0. The topological polar surface area (TPSA) is 26.0 Å². The first-order valence-corrected chi connectivity index (χ1v) is 4.71. The van der Waals surface area contributed by atoms with Gasteiger partial charge in [-0.2, -0.15) is 0 Å². The van der Waals surface area contributed by atoms with Crippen molar-refractivity contribution in [1.82, 2.24) is 0 Å². The highest BCUT2D eigenvalue weighted by atomic mass is 19.1. The molecule has 0 aliphatic heterocycles. The molecule has 0 saturated heterocycles. The first-order valence-electron chi connectivity index (χ1n) is 4.71. The van der Waals surface area contributed by atoms with Gasteiger partial charge in [-0.05, 0) is 31.2 Å². The van der Waals surface area contributed by atoms with E-state index in [1.54, 1.807) is 0 Å². The lowest BCUT2D eigenvalue weighted by atomic mass is 10.2. The summed E-state index contributed by atoms with van der Waals surface area (Å²) in [5.41, 5.74) is 7.17. The van der Waals surface area contributed by atoms with Crippen molar-refractivity contribution in [2.75, 3.05) is 5.73 Å². The van der Waals surface area contributed by atoms with Gasteiger partial charge in [-0.15, -0.1) is 0 Å². The monoisotopic (exact) mass is 203 g/mol. The predicted molar refractivity (Wildman–Crippen MR) is 62.0 cm³/mol. The summed E-state index contributed by atoms with van der Waals surface area (Å²) in [7, 11) is 0. The van der Waals surface area contributed by atoms with E-state index < -0.39 is 0 Å². The van der Waals surface area contributed by atoms with Crippen LogP contribution in [0.1, 0.15) is 5.56 Å². The number of hydrogen-bond acceptors (Lipinski definition) is 1. The number of halogens is 1. The Balaban J connectivity index is 0.000000151. The van der Waals surface area contributed by atoms with Crippen molar-refractivity contribution in [3.63, 3.8) is 0 Å². The molecular weight excluding hydrogens is 189 g/mol. The summed E-state index contributed by atoms with van der Waals surface area (Å²) in [5.74, 6) is -0.251. The van der Waals surface area contributed by atoms with Gasteiger partial charge in [0.15, 0.2) is 0 Å². The van der Waals surface area contributed by atoms with Crippen molar-refractivity contribution in [3.8, 4) is 0 Å². The Bertz CT molecular complexity index is 360. The molecule has 0 radical (unpaired) electrons. The predicted octanol–water partition coefficient (Wildman–Crippen LogP) is 3.40. The van der Waals surface area contributed by atoms with E-state index in [0.717, 1.165) is 0 Å². The average molecular weight is 203 g/mol. The van der Waals surface area contributed by atoms with Crippen LogP contribution in [0.3, 0.4) is 0 Å². The summed E-state index contributed by atoms with van der Waals surface area (Å²) in [6.45, 7) is 2.08. The third-order valence-corrected chi connectivity index (χ3v) is 1.81. The van der Waals surface area contributed by atoms with Gasteiger partial charge >= 0.3 is 0 Å². The fraction of sp³-hybridized carbons (Fsp3) is 0.0769. The molecule has 0 aliphatic carbocycles. The van der Waals surface area contributed by atoms with Gasteiger partial charge in [-0.25, -0.2) is 4.39 Å². The Morgan fingerprint density at radius 2 is 1.40 bits per heavy atom. The van der Waals surface area contributed by atoms with Crippen LogP contribution in [0.2, 0.25) is 0 Å². The van der Waals surface area contributed by atoms with Gasteiger partial charge in [-0.3, -0.25) is 0 Å². The first-order chi connectivity index (χ1) is 7.18. The van der Waals surface area contributed by atoms with Gasteiger partial charge in [0.05, 0.1) is 0 Å². The normalized spacial score (nSPS) is 8.93. The third kappa shape index (κ3) is 4.81. The molecule has 1 nitrogen and oxygen atoms in total. The molecule has 2 aromatic carbocycles. The minimum Gasteiger partial charge on any atom is -0.399 e. The van der Waals surface area contributed by atoms with Gasteiger partial charge in [0.2, 0.25) is 0 Å². The molecule has 0 aliphatic rings. The Kier molecular flexibility index (Phi) is 4.35. The highest BCUT2D eigenvalue weighted by molar-refractivity contribution is 5.36. The van der Waals surface area contributed by atoms with Gasteiger partial charge < -0.3 is 5.73 Å². The second kappa shape index (κ2) is 5.81. The number of aryl methyl sites for hydroxylation is 1. The molecule has 78 valence electrons. The van der Waals surface area contributed by atoms with Gasteiger partial charge in [0.25, 0.3) is 0 Å². The third-order valence-electron chi connectivity index (χ3n) is 1.81. The second-order valence-electron chi connectivity index (χ2n) is 3.21. The van der Waals surface area contributed by atoms with Gasteiger partial charge in [0, 0.05) is 5.69 Å². The summed E-state index contributed by atoms with van der Waals surface area (Å²) in [5, 5.41) is 0. The van der Waals surface area contributed by atoms with Crippen LogP contribution in [-0.2, 0) is 0 Å². The van der Waals surface area contributed by atoms with E-state index in [1.807, 2.05) is 18.2 Å². The van der Waals surface area contributed by atoms with Crippen molar-refractivity contribution < 1.29 is 4.39 Å². The molecule has 0 unspecified atom stereocenters. The molecule has 0 spiro atoms. The van der Waals surface area contributed by atoms with Crippen LogP contribution in [0.5, 0.6) is 0 Å². The molecule has 2 aromatic rings. The fourth-order valence-corrected chi connectivity index (χ4v) is 0.997. The highest BCUT2D eigenvalue weighted by Crippen LogP contribution is 2.01. The number of nitrogens with two attached hydrogens (primary N) is 1. The van der Waals surface area contributed by atoms with E-state index in [4.69, 9.17) is 5.73 Å². The van der Waals surface area contributed by atoms with E-state index in [9.17, 15) is 4.39 Å². The van der Waals surface area contributed by atoms with Crippen LogP contribution in [0.25, 0.3) is 0 Å². The summed E-state index contributed by atoms with van der Waals surface area (Å²) < 4.78 is 12.0. The van der Waals surface area contributed by atoms with Crippen LogP contribution < -0.4 is 5.73 Å². The second-order valence-corrected chi connectivity index (χ2v) is 3.21. The zero-order valence-electron chi connectivity index (χ0n) is 8.65. The maximum atomic E-state index is 12.0. The van der Waals surface area contributed by atoms with E-state index >= 15 is 0 Å². The van der Waals surface area contributed by atoms with Gasteiger partial charge in [0.1, 0.15) is 5.82 Å². The first kappa shape index (κ1) is 11.2. The van der Waals surface area contributed by atoms with Crippen molar-refractivity contribution in [2.45, 2.75) is 6.92 Å². The number of hydrogen-bond donors (Lipinski definition) is 1. The van der Waals surface area contributed by atoms with Crippen molar-refractivity contribution >= 4 is 5.69 Å². The molecular formula is C13H14FN. The lowest BCUT2D eigenvalue weighted by molar-refractivity contribution is 0.628. The largest absolute Gasteiger partial charge is 0.399 e. The van der Waals surface area contributed by atoms with Crippen LogP contribution in [0.4, 0.5) is 10.1 Å². The molecule has 0 heterocycles. The minimum absolute atomic E-state index is 0.251. The summed E-state index contributed by atoms with van der Waals surface area (Å²) in [4.78, 5) is 0. The van der Waals surface area contributed by atoms with Crippen molar-refractivity contribution in [1.29, 1.82) is 0 Å². The molecule has 15 heavy (non-hydrogen) atoms. The van der Waals surface area contributed by atoms with Crippen LogP contribution in [0.15, 0.2) is 54.6 Å². The zero-order valence-corrected chi connectivity index (χ0v) is 8.65. The van der Waals surface area contributed by atoms with Crippen LogP contribution in [-0.4, -0.2) is 0 Å². The van der Waals surface area contributed by atoms with E-state index in [2.05, 4.69) is 19.1 Å². The summed E-state index contributed by atoms with van der Waals surface area (Å²) in [6, 6.07) is 16.0. The Morgan fingerprint density at radius 3 is 1.73 bits per heavy atom. The molecule has 0 fully saturated rings. The Labute approximate surface area is 89.4 Å². The number of anilines is 1. The number of rotatable bonds is 0. The lowest BCUT2D eigenvalue weighted by Gasteiger charge is -1.87. The lowest BCUT2D eigenvalue weighted by Crippen LogP contribution is -1.82. The smallest absolute Gasteiger partial charge is 0.123 e. The van der Waals surface area contributed by atoms with E-state index in [-0.39, 0.29) is 5.82 Å². The quantitative estimate of drug-likeness (QED) is 0.652. The molecule has 2 rings (SSSR count). The maximum absolute atomic E-state index is 12.0. The molecule has 2 heteroatoms. The molecule has 0 bridgehead atoms. The SMILES string of the molecule is Cc1ccccc1.Nc1ccc(F)cc1. The highest BCUT2D eigenvalue weighted by Gasteiger charge is 1.84. The number of benzene rings is 2. The molecule has 0 atom stereocenters. The van der Waals surface area contributed by atoms with Crippen molar-refractivity contribution in [3.05, 3.63) is 66.0 Å². The minimum atomic E-state index is -0.251. The van der Waals surface area contributed by atoms with Crippen molar-refractivity contribution in [2.24, 2.45) is 0 Å². The number of nitrogen functional groups attached to an aromatic ring is 1. The zero-order chi connectivity index (χ0) is 11.1. The standard InChI is InChI=1S/C7H8.C6H6FN/c1-7-5-3-2-4-6-7;7-5-1-3-6(8)4-2-5/h2-6H,1H3;1-4H,8H2. The molecule has 2 N–H and O–H groups in total. The average Bonchev–Trinajstić information content (AvgIpc) is 2.25. The molecule has 0 amide bonds. The van der Waals surface area contributed by atoms with Gasteiger partial charge in [-0.1, -0.05) is 35.9 Å². The fourth-order valence-electron chi connectivity index (χ4n) is 0.997. The maximum Gasteiger partial charge on any atom is 0.123 e. The van der Waals surface area contributed by atoms with E-state index in [0.29, 0.717) is 5.69 Å². The molecule has 0 aromatic heterocycles. The Morgan fingerprint density at radius 1 is 0.867 bits per heavy atom. The molecule has 0 saturated carbocycles. The van der Waals surface area contributed by atoms with E-state index in [1.165, 1.54) is 29.8 Å². The van der Waals surface area contributed by atoms with Crippen LogP contribution in [0, 0.1) is 12.7 Å². The Hall–Kier alpha value is -1.83. The van der Waals surface area contributed by atoms with Crippen LogP contribution >= 0.6 is 0 Å². The summed E-state index contributed by atoms with van der Waals surface area (Å²) >= 11 is 0.